The second kappa shape index (κ2) is 7.97. The molecule has 0 aromatic carbocycles. The second-order valence-electron chi connectivity index (χ2n) is 5.37. The molecule has 2 atom stereocenters. The van der Waals surface area contributed by atoms with E-state index in [1.165, 1.54) is 11.3 Å². The first kappa shape index (κ1) is 17.3. The van der Waals surface area contributed by atoms with E-state index in [1.54, 1.807) is 6.07 Å². The molecule has 120 valence electrons. The maximum atomic E-state index is 12.6. The summed E-state index contributed by atoms with van der Waals surface area (Å²) in [6.07, 6.45) is 6.12. The molecular weight excluding hydrogens is 324 g/mol. The Kier molecular flexibility index (Phi) is 6.55. The highest BCUT2D eigenvalue weighted by molar-refractivity contribution is 7.99. The minimum absolute atomic E-state index is 0.0869. The van der Waals surface area contributed by atoms with Crippen LogP contribution in [0.3, 0.4) is 0 Å². The van der Waals surface area contributed by atoms with Crippen molar-refractivity contribution < 1.29 is 8.42 Å². The number of hydrogen-bond acceptors (Lipinski definition) is 5. The van der Waals surface area contributed by atoms with Crippen LogP contribution in [0, 0.1) is 0 Å². The van der Waals surface area contributed by atoms with Crippen molar-refractivity contribution in [2.24, 2.45) is 0 Å². The molecule has 0 amide bonds. The normalized spacial score (nSPS) is 22.8. The van der Waals surface area contributed by atoms with Crippen LogP contribution in [0.2, 0.25) is 0 Å². The van der Waals surface area contributed by atoms with Gasteiger partial charge in [-0.25, -0.2) is 13.1 Å². The molecule has 1 fully saturated rings. The van der Waals surface area contributed by atoms with E-state index < -0.39 is 10.0 Å². The van der Waals surface area contributed by atoms with Gasteiger partial charge in [-0.3, -0.25) is 0 Å². The van der Waals surface area contributed by atoms with Gasteiger partial charge in [0, 0.05) is 22.7 Å². The highest BCUT2D eigenvalue weighted by Crippen LogP contribution is 2.30. The molecule has 4 nitrogen and oxygen atoms in total. The van der Waals surface area contributed by atoms with Gasteiger partial charge in [0.05, 0.1) is 4.90 Å². The molecule has 1 aromatic heterocycles. The molecule has 2 N–H and O–H groups in total. The fourth-order valence-electron chi connectivity index (χ4n) is 2.62. The van der Waals surface area contributed by atoms with Gasteiger partial charge in [-0.2, -0.15) is 11.8 Å². The number of thiophene rings is 1. The monoisotopic (exact) mass is 348 g/mol. The summed E-state index contributed by atoms with van der Waals surface area (Å²) in [5.41, 5.74) is 0. The molecule has 0 radical (unpaired) electrons. The summed E-state index contributed by atoms with van der Waals surface area (Å²) in [5.74, 6) is 0. The van der Waals surface area contributed by atoms with Gasteiger partial charge in [0.2, 0.25) is 10.0 Å². The first-order chi connectivity index (χ1) is 10.1. The number of thioether (sulfide) groups is 1. The summed E-state index contributed by atoms with van der Waals surface area (Å²) in [6.45, 7) is 3.63. The van der Waals surface area contributed by atoms with Gasteiger partial charge in [-0.05, 0) is 49.9 Å². The zero-order chi connectivity index (χ0) is 15.3. The fourth-order valence-corrected chi connectivity index (χ4v) is 6.11. The van der Waals surface area contributed by atoms with E-state index in [0.29, 0.717) is 16.7 Å². The Balaban J connectivity index is 2.01. The van der Waals surface area contributed by atoms with Crippen LogP contribution in [-0.4, -0.2) is 32.5 Å². The summed E-state index contributed by atoms with van der Waals surface area (Å²) in [7, 11) is -3.39. The zero-order valence-electron chi connectivity index (χ0n) is 12.6. The summed E-state index contributed by atoms with van der Waals surface area (Å²) >= 11 is 3.34. The Morgan fingerprint density at radius 1 is 1.43 bits per heavy atom. The Morgan fingerprint density at radius 2 is 2.24 bits per heavy atom. The Bertz CT molecular complexity index is 542. The molecule has 0 saturated heterocycles. The van der Waals surface area contributed by atoms with E-state index in [0.717, 1.165) is 37.1 Å². The van der Waals surface area contributed by atoms with Crippen molar-refractivity contribution in [2.45, 2.75) is 55.3 Å². The maximum Gasteiger partial charge on any atom is 0.241 e. The van der Waals surface area contributed by atoms with Crippen LogP contribution in [0.15, 0.2) is 16.3 Å². The van der Waals surface area contributed by atoms with Gasteiger partial charge < -0.3 is 5.32 Å². The molecule has 1 aliphatic carbocycles. The van der Waals surface area contributed by atoms with Crippen LogP contribution in [0.5, 0.6) is 0 Å². The molecular formula is C14H24N2O2S3. The molecule has 21 heavy (non-hydrogen) atoms. The molecule has 2 rings (SSSR count). The molecule has 1 aliphatic rings. The largest absolute Gasteiger partial charge is 0.312 e. The third-order valence-electron chi connectivity index (χ3n) is 3.75. The summed E-state index contributed by atoms with van der Waals surface area (Å²) in [4.78, 5) is 1.35. The van der Waals surface area contributed by atoms with E-state index in [1.807, 2.05) is 17.1 Å². The SMILES string of the molecule is CCCNCc1sccc1S(=O)(=O)NC1CCC(SC)C1. The van der Waals surface area contributed by atoms with Crippen LogP contribution < -0.4 is 10.0 Å². The predicted molar refractivity (Wildman–Crippen MR) is 91.6 cm³/mol. The van der Waals surface area contributed by atoms with Crippen molar-refractivity contribution in [3.05, 3.63) is 16.3 Å². The second-order valence-corrected chi connectivity index (χ2v) is 9.19. The standard InChI is InChI=1S/C14H24N2O2S3/c1-3-7-15-10-13-14(6-8-20-13)21(17,18)16-11-4-5-12(9-11)19-2/h6,8,11-12,15-16H,3-5,7,9-10H2,1-2H3. The van der Waals surface area contributed by atoms with Crippen LogP contribution in [0.1, 0.15) is 37.5 Å². The first-order valence-electron chi connectivity index (χ1n) is 7.39. The molecule has 1 saturated carbocycles. The van der Waals surface area contributed by atoms with Crippen molar-refractivity contribution in [3.8, 4) is 0 Å². The molecule has 0 aliphatic heterocycles. The highest BCUT2D eigenvalue weighted by atomic mass is 32.2. The third kappa shape index (κ3) is 4.69. The number of rotatable bonds is 8. The highest BCUT2D eigenvalue weighted by Gasteiger charge is 2.29. The Labute approximate surface area is 136 Å². The number of hydrogen-bond donors (Lipinski definition) is 2. The molecule has 7 heteroatoms. The summed E-state index contributed by atoms with van der Waals surface area (Å²) in [6, 6.07) is 1.81. The third-order valence-corrected chi connectivity index (χ3v) is 7.50. The van der Waals surface area contributed by atoms with Gasteiger partial charge in [-0.15, -0.1) is 11.3 Å². The summed E-state index contributed by atoms with van der Waals surface area (Å²) < 4.78 is 28.0. The van der Waals surface area contributed by atoms with Crippen LogP contribution in [0.25, 0.3) is 0 Å². The van der Waals surface area contributed by atoms with Gasteiger partial charge in [0.25, 0.3) is 0 Å². The molecule has 1 aromatic rings. The molecule has 0 bridgehead atoms. The van der Waals surface area contributed by atoms with Crippen LogP contribution >= 0.6 is 23.1 Å². The van der Waals surface area contributed by atoms with E-state index in [9.17, 15) is 8.42 Å². The van der Waals surface area contributed by atoms with Crippen LogP contribution in [0.4, 0.5) is 0 Å². The lowest BCUT2D eigenvalue weighted by atomic mass is 10.3. The van der Waals surface area contributed by atoms with Crippen molar-refractivity contribution in [2.75, 3.05) is 12.8 Å². The van der Waals surface area contributed by atoms with E-state index in [-0.39, 0.29) is 6.04 Å². The minimum atomic E-state index is -3.39. The lowest BCUT2D eigenvalue weighted by Gasteiger charge is -2.14. The first-order valence-corrected chi connectivity index (χ1v) is 11.0. The van der Waals surface area contributed by atoms with E-state index >= 15 is 0 Å². The Hall–Kier alpha value is -0.0800. The van der Waals surface area contributed by atoms with E-state index in [4.69, 9.17) is 0 Å². The maximum absolute atomic E-state index is 12.6. The lowest BCUT2D eigenvalue weighted by Crippen LogP contribution is -2.33. The quantitative estimate of drug-likeness (QED) is 0.709. The molecule has 1 heterocycles. The number of nitrogens with one attached hydrogen (secondary N) is 2. The van der Waals surface area contributed by atoms with Crippen molar-refractivity contribution in [1.82, 2.24) is 10.0 Å². The Morgan fingerprint density at radius 3 is 2.90 bits per heavy atom. The van der Waals surface area contributed by atoms with Crippen LogP contribution in [-0.2, 0) is 16.6 Å². The smallest absolute Gasteiger partial charge is 0.241 e. The lowest BCUT2D eigenvalue weighted by molar-refractivity contribution is 0.551. The van der Waals surface area contributed by atoms with Crippen molar-refractivity contribution in [1.29, 1.82) is 0 Å². The number of sulfonamides is 1. The summed E-state index contributed by atoms with van der Waals surface area (Å²) in [5, 5.41) is 5.72. The topological polar surface area (TPSA) is 58.2 Å². The average Bonchev–Trinajstić information content (AvgIpc) is 3.07. The van der Waals surface area contributed by atoms with E-state index in [2.05, 4.69) is 23.2 Å². The molecule has 0 spiro atoms. The van der Waals surface area contributed by atoms with Crippen molar-refractivity contribution in [3.63, 3.8) is 0 Å². The predicted octanol–water partition coefficient (Wildman–Crippen LogP) is 2.81. The van der Waals surface area contributed by atoms with Gasteiger partial charge in [0.15, 0.2) is 0 Å². The zero-order valence-corrected chi connectivity index (χ0v) is 15.0. The minimum Gasteiger partial charge on any atom is -0.312 e. The van der Waals surface area contributed by atoms with Gasteiger partial charge in [-0.1, -0.05) is 6.92 Å². The fraction of sp³-hybridized carbons (Fsp3) is 0.714. The average molecular weight is 349 g/mol. The van der Waals surface area contributed by atoms with Gasteiger partial charge in [0.1, 0.15) is 0 Å². The van der Waals surface area contributed by atoms with Crippen molar-refractivity contribution >= 4 is 33.1 Å². The van der Waals surface area contributed by atoms with Gasteiger partial charge >= 0.3 is 0 Å². The molecule has 2 unspecified atom stereocenters.